The smallest absolute Gasteiger partial charge is 0.124 e. The van der Waals surface area contributed by atoms with Crippen LogP contribution in [0.1, 0.15) is 11.1 Å². The molecule has 0 aliphatic carbocycles. The van der Waals surface area contributed by atoms with E-state index in [-0.39, 0.29) is 0 Å². The number of nitrogens with zero attached hydrogens (tertiary/aromatic N) is 4. The summed E-state index contributed by atoms with van der Waals surface area (Å²) in [5, 5.41) is 19.6. The van der Waals surface area contributed by atoms with Gasteiger partial charge in [0.05, 0.1) is 21.3 Å². The zero-order valence-corrected chi connectivity index (χ0v) is 17.1. The van der Waals surface area contributed by atoms with Gasteiger partial charge in [-0.05, 0) is 65.2 Å². The minimum atomic E-state index is 0.369. The third-order valence-electron chi connectivity index (χ3n) is 5.06. The van der Waals surface area contributed by atoms with Gasteiger partial charge in [0.15, 0.2) is 0 Å². The first-order chi connectivity index (χ1) is 15.2. The van der Waals surface area contributed by atoms with Crippen molar-refractivity contribution < 1.29 is 0 Å². The van der Waals surface area contributed by atoms with Crippen LogP contribution in [0, 0.1) is 22.7 Å². The van der Waals surface area contributed by atoms with Crippen molar-refractivity contribution >= 4 is 21.6 Å². The van der Waals surface area contributed by atoms with Crippen molar-refractivity contribution in [1.29, 1.82) is 10.5 Å². The van der Waals surface area contributed by atoms with E-state index in [2.05, 4.69) is 41.4 Å². The molecule has 0 bridgehead atoms. The van der Waals surface area contributed by atoms with Gasteiger partial charge in [0.25, 0.3) is 0 Å². The molecule has 0 amide bonds. The fourth-order valence-electron chi connectivity index (χ4n) is 3.53. The summed E-state index contributed by atoms with van der Waals surface area (Å²) in [7, 11) is 0. The maximum atomic E-state index is 9.45. The minimum absolute atomic E-state index is 0.369. The molecular weight excluding hydrogens is 400 g/mol. The van der Waals surface area contributed by atoms with Crippen LogP contribution in [-0.4, -0.2) is 9.97 Å². The molecule has 5 aromatic rings. The zero-order chi connectivity index (χ0) is 21.2. The summed E-state index contributed by atoms with van der Waals surface area (Å²) in [4.78, 5) is 9.08. The highest BCUT2D eigenvalue weighted by atomic mass is 32.1. The van der Waals surface area contributed by atoms with E-state index >= 15 is 0 Å². The average molecular weight is 414 g/mol. The van der Waals surface area contributed by atoms with Crippen molar-refractivity contribution in [2.24, 2.45) is 0 Å². The lowest BCUT2D eigenvalue weighted by Gasteiger charge is -2.10. The molecule has 4 nitrogen and oxygen atoms in total. The maximum absolute atomic E-state index is 9.45. The predicted octanol–water partition coefficient (Wildman–Crippen LogP) is 6.44. The van der Waals surface area contributed by atoms with E-state index in [4.69, 9.17) is 4.98 Å². The third kappa shape index (κ3) is 3.55. The van der Waals surface area contributed by atoms with Crippen LogP contribution in [0.3, 0.4) is 0 Å². The summed E-state index contributed by atoms with van der Waals surface area (Å²) >= 11 is 1.65. The van der Waals surface area contributed by atoms with Crippen LogP contribution in [0.2, 0.25) is 0 Å². The fourth-order valence-corrected chi connectivity index (χ4v) is 4.48. The number of benzene rings is 3. The van der Waals surface area contributed by atoms with Crippen LogP contribution in [0.25, 0.3) is 43.0 Å². The van der Waals surface area contributed by atoms with Crippen LogP contribution in [-0.2, 0) is 0 Å². The number of para-hydroxylation sites is 1. The van der Waals surface area contributed by atoms with Crippen LogP contribution in [0.5, 0.6) is 0 Å². The Bertz CT molecular complexity index is 1470. The summed E-state index contributed by atoms with van der Waals surface area (Å²) < 4.78 is 1.14. The Balaban J connectivity index is 1.72. The summed E-state index contributed by atoms with van der Waals surface area (Å²) in [6.45, 7) is 0. The Hall–Kier alpha value is -4.32. The molecule has 144 valence electrons. The summed E-state index contributed by atoms with van der Waals surface area (Å²) in [6.07, 6.45) is 3.59. The van der Waals surface area contributed by atoms with Gasteiger partial charge in [0.1, 0.15) is 17.1 Å². The van der Waals surface area contributed by atoms with Crippen molar-refractivity contribution in [2.75, 3.05) is 0 Å². The van der Waals surface area contributed by atoms with Crippen LogP contribution >= 0.6 is 11.3 Å². The first-order valence-corrected chi connectivity index (χ1v) is 10.4. The molecule has 0 N–H and O–H groups in total. The normalized spacial score (nSPS) is 10.5. The minimum Gasteiger partial charge on any atom is -0.264 e. The molecule has 0 saturated carbocycles. The second kappa shape index (κ2) is 7.84. The lowest BCUT2D eigenvalue weighted by Crippen LogP contribution is -1.89. The van der Waals surface area contributed by atoms with E-state index in [0.29, 0.717) is 11.1 Å². The van der Waals surface area contributed by atoms with E-state index in [1.165, 1.54) is 0 Å². The second-order valence-electron chi connectivity index (χ2n) is 7.01. The Labute approximate surface area is 183 Å². The van der Waals surface area contributed by atoms with E-state index in [9.17, 15) is 10.5 Å². The predicted molar refractivity (Wildman–Crippen MR) is 123 cm³/mol. The molecule has 0 spiro atoms. The molecule has 31 heavy (non-hydrogen) atoms. The number of thiazole rings is 1. The average Bonchev–Trinajstić information content (AvgIpc) is 3.28. The molecule has 0 atom stereocenters. The number of aromatic nitrogens is 2. The number of fused-ring (bicyclic) bond motifs is 1. The molecule has 0 unspecified atom stereocenters. The molecule has 0 aliphatic heterocycles. The molecule has 2 aromatic heterocycles. The fraction of sp³-hybridized carbons (Fsp3) is 0. The van der Waals surface area contributed by atoms with Gasteiger partial charge >= 0.3 is 0 Å². The van der Waals surface area contributed by atoms with Crippen LogP contribution < -0.4 is 0 Å². The Morgan fingerprint density at radius 1 is 0.677 bits per heavy atom. The Kier molecular flexibility index (Phi) is 4.72. The van der Waals surface area contributed by atoms with Crippen molar-refractivity contribution in [2.45, 2.75) is 0 Å². The molecule has 0 radical (unpaired) electrons. The van der Waals surface area contributed by atoms with E-state index in [0.717, 1.165) is 43.0 Å². The van der Waals surface area contributed by atoms with E-state index in [1.807, 2.05) is 42.6 Å². The summed E-state index contributed by atoms with van der Waals surface area (Å²) in [5.74, 6) is 0. The molecule has 5 heteroatoms. The van der Waals surface area contributed by atoms with Crippen molar-refractivity contribution in [3.63, 3.8) is 0 Å². The number of pyridine rings is 1. The molecular formula is C26H14N4S. The Morgan fingerprint density at radius 3 is 2.19 bits per heavy atom. The molecule has 0 aliphatic rings. The third-order valence-corrected chi connectivity index (χ3v) is 6.15. The first-order valence-electron chi connectivity index (χ1n) is 9.61. The van der Waals surface area contributed by atoms with Crippen molar-refractivity contribution in [1.82, 2.24) is 9.97 Å². The number of rotatable bonds is 3. The molecule has 3 aromatic carbocycles. The number of hydrogen-bond donors (Lipinski definition) is 0. The molecule has 2 heterocycles. The maximum Gasteiger partial charge on any atom is 0.124 e. The van der Waals surface area contributed by atoms with Crippen molar-refractivity contribution in [3.8, 4) is 45.0 Å². The second-order valence-corrected chi connectivity index (χ2v) is 8.04. The highest BCUT2D eigenvalue weighted by Crippen LogP contribution is 2.36. The Morgan fingerprint density at radius 2 is 1.45 bits per heavy atom. The highest BCUT2D eigenvalue weighted by Gasteiger charge is 2.12. The van der Waals surface area contributed by atoms with Crippen molar-refractivity contribution in [3.05, 3.63) is 96.3 Å². The SMILES string of the molecule is N#Cc1ccc(-c2cc(-c3cccnc3)cc(-c3nc4ccccc4s3)c2)cc1C#N. The first kappa shape index (κ1) is 18.7. The molecule has 0 fully saturated rings. The lowest BCUT2D eigenvalue weighted by atomic mass is 9.95. The largest absolute Gasteiger partial charge is 0.264 e. The highest BCUT2D eigenvalue weighted by molar-refractivity contribution is 7.21. The van der Waals surface area contributed by atoms with Gasteiger partial charge in [-0.1, -0.05) is 24.3 Å². The number of nitriles is 2. The molecule has 5 rings (SSSR count). The topological polar surface area (TPSA) is 73.4 Å². The summed E-state index contributed by atoms with van der Waals surface area (Å²) in [5.41, 5.74) is 6.57. The van der Waals surface area contributed by atoms with Gasteiger partial charge in [0.2, 0.25) is 0 Å². The van der Waals surface area contributed by atoms with Gasteiger partial charge < -0.3 is 0 Å². The van der Waals surface area contributed by atoms with E-state index < -0.39 is 0 Å². The standard InChI is InChI=1S/C26H14N4S/c27-14-18-8-7-17(10-23(18)15-28)20-11-21(19-4-3-9-29-16-19)13-22(12-20)26-30-24-5-1-2-6-25(24)31-26/h1-13,16H. The van der Waals surface area contributed by atoms with Gasteiger partial charge in [-0.3, -0.25) is 4.98 Å². The van der Waals surface area contributed by atoms with Crippen LogP contribution in [0.15, 0.2) is 85.2 Å². The van der Waals surface area contributed by atoms with Gasteiger partial charge in [-0.15, -0.1) is 11.3 Å². The quantitative estimate of drug-likeness (QED) is 0.341. The van der Waals surface area contributed by atoms with Gasteiger partial charge in [0, 0.05) is 23.5 Å². The van der Waals surface area contributed by atoms with Gasteiger partial charge in [-0.2, -0.15) is 10.5 Å². The monoisotopic (exact) mass is 414 g/mol. The number of hydrogen-bond acceptors (Lipinski definition) is 5. The lowest BCUT2D eigenvalue weighted by molar-refractivity contribution is 1.33. The summed E-state index contributed by atoms with van der Waals surface area (Å²) in [6, 6.07) is 27.8. The zero-order valence-electron chi connectivity index (χ0n) is 16.3. The molecule has 0 saturated heterocycles. The van der Waals surface area contributed by atoms with Gasteiger partial charge in [-0.25, -0.2) is 4.98 Å². The van der Waals surface area contributed by atoms with Crippen LogP contribution in [0.4, 0.5) is 0 Å². The van der Waals surface area contributed by atoms with E-state index in [1.54, 1.807) is 29.7 Å².